The van der Waals surface area contributed by atoms with Gasteiger partial charge in [0.1, 0.15) is 5.84 Å². The van der Waals surface area contributed by atoms with Gasteiger partial charge in [0.05, 0.1) is 11.5 Å². The Bertz CT molecular complexity index is 353. The van der Waals surface area contributed by atoms with Gasteiger partial charge in [-0.3, -0.25) is 0 Å². The maximum Gasteiger partial charge on any atom is 0.151 e. The normalized spacial score (nSPS) is 25.1. The summed E-state index contributed by atoms with van der Waals surface area (Å²) in [7, 11) is -0.902. The molecule has 16 heavy (non-hydrogen) atoms. The Kier molecular flexibility index (Phi) is 4.55. The maximum absolute atomic E-state index is 11.3. The van der Waals surface area contributed by atoms with Crippen molar-refractivity contribution >= 4 is 15.7 Å². The van der Waals surface area contributed by atoms with Crippen molar-refractivity contribution in [3.05, 3.63) is 0 Å². The Morgan fingerprint density at radius 2 is 2.31 bits per heavy atom. The van der Waals surface area contributed by atoms with Gasteiger partial charge < -0.3 is 15.8 Å². The number of oxime groups is 1. The molecular formula is C9H19N3O3S. The van der Waals surface area contributed by atoms with E-state index in [4.69, 9.17) is 10.9 Å². The summed E-state index contributed by atoms with van der Waals surface area (Å²) in [4.78, 5) is 2.04. The van der Waals surface area contributed by atoms with E-state index in [-0.39, 0.29) is 17.6 Å². The van der Waals surface area contributed by atoms with Gasteiger partial charge in [0.25, 0.3) is 0 Å². The second kappa shape index (κ2) is 5.49. The number of rotatable bonds is 5. The van der Waals surface area contributed by atoms with Gasteiger partial charge in [-0.1, -0.05) is 5.16 Å². The van der Waals surface area contributed by atoms with E-state index in [1.165, 1.54) is 0 Å². The molecule has 94 valence electrons. The molecule has 0 aliphatic carbocycles. The van der Waals surface area contributed by atoms with E-state index in [0.29, 0.717) is 18.6 Å². The molecule has 1 atom stereocenters. The molecular weight excluding hydrogens is 230 g/mol. The number of nitrogens with zero attached hydrogens (tertiary/aromatic N) is 2. The Balaban J connectivity index is 2.29. The molecule has 1 heterocycles. The van der Waals surface area contributed by atoms with Crippen molar-refractivity contribution in [1.82, 2.24) is 4.90 Å². The Hall–Kier alpha value is -0.820. The van der Waals surface area contributed by atoms with Crippen LogP contribution >= 0.6 is 0 Å². The smallest absolute Gasteiger partial charge is 0.151 e. The summed E-state index contributed by atoms with van der Waals surface area (Å²) in [6.07, 6.45) is 2.01. The van der Waals surface area contributed by atoms with Crippen molar-refractivity contribution in [1.29, 1.82) is 0 Å². The van der Waals surface area contributed by atoms with Gasteiger partial charge >= 0.3 is 0 Å². The van der Waals surface area contributed by atoms with Gasteiger partial charge in [0.2, 0.25) is 0 Å². The van der Waals surface area contributed by atoms with Crippen LogP contribution in [0.4, 0.5) is 0 Å². The van der Waals surface area contributed by atoms with Crippen molar-refractivity contribution in [2.45, 2.75) is 25.3 Å². The van der Waals surface area contributed by atoms with Crippen molar-refractivity contribution < 1.29 is 13.6 Å². The van der Waals surface area contributed by atoms with Gasteiger partial charge in [-0.15, -0.1) is 0 Å². The first-order valence-corrected chi connectivity index (χ1v) is 7.14. The van der Waals surface area contributed by atoms with Crippen molar-refractivity contribution in [3.63, 3.8) is 0 Å². The standard InChI is InChI=1S/C9H19N3O3S/c1-12(5-2-3-9(10)11-13)8-4-6-16(14,15)7-8/h8,13H,2-7H2,1H3,(H2,10,11). The summed E-state index contributed by atoms with van der Waals surface area (Å²) < 4.78 is 22.5. The van der Waals surface area contributed by atoms with Crippen LogP contribution in [0.25, 0.3) is 0 Å². The third-order valence-electron chi connectivity index (χ3n) is 2.90. The van der Waals surface area contributed by atoms with Crippen LogP contribution in [0.15, 0.2) is 5.16 Å². The van der Waals surface area contributed by atoms with Crippen molar-refractivity contribution in [3.8, 4) is 0 Å². The molecule has 0 aromatic rings. The van der Waals surface area contributed by atoms with Crippen molar-refractivity contribution in [2.75, 3.05) is 25.1 Å². The zero-order chi connectivity index (χ0) is 12.2. The zero-order valence-corrected chi connectivity index (χ0v) is 10.3. The second-order valence-corrected chi connectivity index (χ2v) is 6.46. The first kappa shape index (κ1) is 13.2. The SMILES string of the molecule is CN(CCC/C(N)=N/O)C1CCS(=O)(=O)C1. The zero-order valence-electron chi connectivity index (χ0n) is 9.46. The third kappa shape index (κ3) is 3.97. The number of hydrogen-bond donors (Lipinski definition) is 2. The number of amidine groups is 1. The number of sulfone groups is 1. The lowest BCUT2D eigenvalue weighted by molar-refractivity contribution is 0.259. The fourth-order valence-electron chi connectivity index (χ4n) is 1.87. The van der Waals surface area contributed by atoms with Gasteiger partial charge in [-0.2, -0.15) is 0 Å². The molecule has 6 nitrogen and oxygen atoms in total. The molecule has 1 unspecified atom stereocenters. The van der Waals surface area contributed by atoms with Crippen molar-refractivity contribution in [2.24, 2.45) is 10.9 Å². The molecule has 1 aliphatic rings. The van der Waals surface area contributed by atoms with Crippen LogP contribution in [0.5, 0.6) is 0 Å². The van der Waals surface area contributed by atoms with Gasteiger partial charge in [-0.25, -0.2) is 8.42 Å². The van der Waals surface area contributed by atoms with Gasteiger partial charge in [0.15, 0.2) is 9.84 Å². The molecule has 0 amide bonds. The minimum absolute atomic E-state index is 0.122. The molecule has 1 aliphatic heterocycles. The Morgan fingerprint density at radius 3 is 2.81 bits per heavy atom. The van der Waals surface area contributed by atoms with E-state index in [1.54, 1.807) is 0 Å². The van der Waals surface area contributed by atoms with Crippen LogP contribution in [0.1, 0.15) is 19.3 Å². The monoisotopic (exact) mass is 249 g/mol. The van der Waals surface area contributed by atoms with Crippen LogP contribution in [0.3, 0.4) is 0 Å². The summed E-state index contributed by atoms with van der Waals surface area (Å²) in [6.45, 7) is 0.760. The van der Waals surface area contributed by atoms with E-state index in [1.807, 2.05) is 11.9 Å². The van der Waals surface area contributed by atoms with Crippen LogP contribution in [-0.4, -0.2) is 55.5 Å². The highest BCUT2D eigenvalue weighted by atomic mass is 32.2. The summed E-state index contributed by atoms with van der Waals surface area (Å²) in [5, 5.41) is 11.2. The molecule has 1 saturated heterocycles. The third-order valence-corrected chi connectivity index (χ3v) is 4.65. The molecule has 0 aromatic carbocycles. The molecule has 1 rings (SSSR count). The van der Waals surface area contributed by atoms with Crippen LogP contribution in [-0.2, 0) is 9.84 Å². The predicted octanol–water partition coefficient (Wildman–Crippen LogP) is -0.368. The quantitative estimate of drug-likeness (QED) is 0.300. The lowest BCUT2D eigenvalue weighted by atomic mass is 10.2. The fraction of sp³-hybridized carbons (Fsp3) is 0.889. The van der Waals surface area contributed by atoms with E-state index < -0.39 is 9.84 Å². The largest absolute Gasteiger partial charge is 0.409 e. The summed E-state index contributed by atoms with van der Waals surface area (Å²) in [5.74, 6) is 0.766. The highest BCUT2D eigenvalue weighted by molar-refractivity contribution is 7.91. The minimum Gasteiger partial charge on any atom is -0.409 e. The fourth-order valence-corrected chi connectivity index (χ4v) is 3.67. The maximum atomic E-state index is 11.3. The number of nitrogens with two attached hydrogens (primary N) is 1. The van der Waals surface area contributed by atoms with E-state index in [9.17, 15) is 8.42 Å². The summed E-state index contributed by atoms with van der Waals surface area (Å²) in [6, 6.07) is 0.122. The van der Waals surface area contributed by atoms with Crippen LogP contribution < -0.4 is 5.73 Å². The highest BCUT2D eigenvalue weighted by Gasteiger charge is 2.30. The van der Waals surface area contributed by atoms with E-state index in [2.05, 4.69) is 5.16 Å². The minimum atomic E-state index is -2.82. The van der Waals surface area contributed by atoms with Gasteiger partial charge in [-0.05, 0) is 26.4 Å². The van der Waals surface area contributed by atoms with Crippen LogP contribution in [0.2, 0.25) is 0 Å². The molecule has 3 N–H and O–H groups in total. The molecule has 0 aromatic heterocycles. The van der Waals surface area contributed by atoms with E-state index in [0.717, 1.165) is 13.0 Å². The Morgan fingerprint density at radius 1 is 1.62 bits per heavy atom. The Labute approximate surface area is 96.0 Å². The second-order valence-electron chi connectivity index (χ2n) is 4.23. The van der Waals surface area contributed by atoms with Crippen LogP contribution in [0, 0.1) is 0 Å². The highest BCUT2D eigenvalue weighted by Crippen LogP contribution is 2.16. The summed E-state index contributed by atoms with van der Waals surface area (Å²) in [5.41, 5.74) is 5.34. The molecule has 0 spiro atoms. The van der Waals surface area contributed by atoms with Gasteiger partial charge in [0, 0.05) is 12.5 Å². The predicted molar refractivity (Wildman–Crippen MR) is 62.3 cm³/mol. The lowest BCUT2D eigenvalue weighted by Gasteiger charge is -2.22. The molecule has 0 radical (unpaired) electrons. The molecule has 0 bridgehead atoms. The first-order valence-electron chi connectivity index (χ1n) is 5.31. The number of hydrogen-bond acceptors (Lipinski definition) is 5. The molecule has 0 saturated carbocycles. The summed E-state index contributed by atoms with van der Waals surface area (Å²) >= 11 is 0. The topological polar surface area (TPSA) is 96.0 Å². The van der Waals surface area contributed by atoms with E-state index >= 15 is 0 Å². The molecule has 1 fully saturated rings. The average molecular weight is 249 g/mol. The average Bonchev–Trinajstić information content (AvgIpc) is 2.58. The molecule has 7 heteroatoms. The first-order chi connectivity index (χ1) is 7.44. The lowest BCUT2D eigenvalue weighted by Crippen LogP contribution is -2.33.